The first kappa shape index (κ1) is 18.6. The predicted octanol–water partition coefficient (Wildman–Crippen LogP) is -1.46. The summed E-state index contributed by atoms with van der Waals surface area (Å²) < 4.78 is 50.9. The molecule has 0 bridgehead atoms. The molecule has 0 spiro atoms. The van der Waals surface area contributed by atoms with Crippen molar-refractivity contribution in [2.45, 2.75) is 0 Å². The number of thiol groups is 1. The van der Waals surface area contributed by atoms with E-state index in [1.54, 1.807) is 12.1 Å². The van der Waals surface area contributed by atoms with Crippen molar-refractivity contribution in [3.8, 4) is 12.1 Å². The summed E-state index contributed by atoms with van der Waals surface area (Å²) in [5.74, 6) is -0.967. The van der Waals surface area contributed by atoms with Gasteiger partial charge >= 0.3 is 0 Å². The molecule has 0 saturated heterocycles. The molecule has 0 atom stereocenters. The van der Waals surface area contributed by atoms with Crippen LogP contribution in [0.1, 0.15) is 11.4 Å². The fraction of sp³-hybridized carbons (Fsp3) is 0.400. The molecule has 11 nitrogen and oxygen atoms in total. The third-order valence-corrected chi connectivity index (χ3v) is 3.66. The number of nitrogens with one attached hydrogen (secondary N) is 2. The third-order valence-electron chi connectivity index (χ3n) is 2.35. The number of aromatic nitrogens is 2. The third kappa shape index (κ3) is 6.43. The highest BCUT2D eigenvalue weighted by Gasteiger charge is 2.14. The Morgan fingerprint density at radius 2 is 1.52 bits per heavy atom. The molecule has 13 heteroatoms. The summed E-state index contributed by atoms with van der Waals surface area (Å²) in [6.45, 7) is -0.251. The second-order valence-electron chi connectivity index (χ2n) is 4.04. The summed E-state index contributed by atoms with van der Waals surface area (Å²) in [5.41, 5.74) is -0.409. The fourth-order valence-corrected chi connectivity index (χ4v) is 2.06. The highest BCUT2D eigenvalue weighted by molar-refractivity contribution is 7.85. The van der Waals surface area contributed by atoms with Gasteiger partial charge in [-0.05, 0) is 0 Å². The van der Waals surface area contributed by atoms with Gasteiger partial charge in [0.1, 0.15) is 22.8 Å². The molecule has 124 valence electrons. The van der Waals surface area contributed by atoms with Gasteiger partial charge in [0.05, 0.1) is 11.5 Å². The van der Waals surface area contributed by atoms with Crippen molar-refractivity contribution >= 4 is 32.5 Å². The van der Waals surface area contributed by atoms with Gasteiger partial charge in [-0.25, -0.2) is 18.4 Å². The minimum absolute atomic E-state index is 0.0114. The molecule has 0 unspecified atom stereocenters. The van der Waals surface area contributed by atoms with Crippen molar-refractivity contribution in [1.29, 1.82) is 10.5 Å². The standard InChI is InChI=1S/C10H12N6O5S2/c11-5-7-9(13-1-3-22(17)18)15-8(6-12)10(16-7)14-2-4-23(19,20)21/h22H,1-4H2,(H,13,15)(H,14,16)(H,19,20,21). The average molecular weight is 360 g/mol. The van der Waals surface area contributed by atoms with Gasteiger partial charge in [0, 0.05) is 13.1 Å². The zero-order chi connectivity index (χ0) is 17.5. The maximum Gasteiger partial charge on any atom is 0.266 e. The molecule has 23 heavy (non-hydrogen) atoms. The van der Waals surface area contributed by atoms with Crippen molar-refractivity contribution in [2.75, 3.05) is 35.2 Å². The van der Waals surface area contributed by atoms with E-state index in [4.69, 9.17) is 15.1 Å². The number of anilines is 2. The molecular formula is C10H12N6O5S2. The summed E-state index contributed by atoms with van der Waals surface area (Å²) in [7, 11) is -6.79. The lowest BCUT2D eigenvalue weighted by atomic mass is 10.3. The molecule has 0 fully saturated rings. The van der Waals surface area contributed by atoms with Gasteiger partial charge in [-0.15, -0.1) is 0 Å². The van der Waals surface area contributed by atoms with Gasteiger partial charge in [-0.1, -0.05) is 0 Å². The molecule has 0 aromatic carbocycles. The van der Waals surface area contributed by atoms with Gasteiger partial charge in [-0.2, -0.15) is 18.9 Å². The van der Waals surface area contributed by atoms with Crippen LogP contribution in [0.25, 0.3) is 0 Å². The van der Waals surface area contributed by atoms with Crippen LogP contribution in [0, 0.1) is 22.7 Å². The second-order valence-corrected chi connectivity index (χ2v) is 6.72. The Labute approximate surface area is 133 Å². The summed E-state index contributed by atoms with van der Waals surface area (Å²) in [5, 5.41) is 23.1. The van der Waals surface area contributed by atoms with Crippen molar-refractivity contribution in [1.82, 2.24) is 9.97 Å². The van der Waals surface area contributed by atoms with Crippen LogP contribution >= 0.6 is 0 Å². The van der Waals surface area contributed by atoms with Gasteiger partial charge in [-0.3, -0.25) is 4.55 Å². The number of nitrogens with zero attached hydrogens (tertiary/aromatic N) is 4. The zero-order valence-electron chi connectivity index (χ0n) is 11.6. The van der Waals surface area contributed by atoms with Gasteiger partial charge in [0.15, 0.2) is 23.0 Å². The van der Waals surface area contributed by atoms with Crippen molar-refractivity contribution in [3.63, 3.8) is 0 Å². The molecule has 1 heterocycles. The summed E-state index contributed by atoms with van der Waals surface area (Å²) >= 11 is 0. The average Bonchev–Trinajstić information content (AvgIpc) is 2.46. The molecule has 1 rings (SSSR count). The molecule has 1 aromatic heterocycles. The Hall–Kier alpha value is -2.48. The van der Waals surface area contributed by atoms with E-state index in [9.17, 15) is 16.8 Å². The molecular weight excluding hydrogens is 348 g/mol. The van der Waals surface area contributed by atoms with E-state index < -0.39 is 26.6 Å². The lowest BCUT2D eigenvalue weighted by Crippen LogP contribution is -2.18. The van der Waals surface area contributed by atoms with E-state index in [2.05, 4.69) is 20.6 Å². The molecule has 0 aliphatic rings. The molecule has 0 radical (unpaired) electrons. The minimum atomic E-state index is -4.19. The Morgan fingerprint density at radius 1 is 1.04 bits per heavy atom. The quantitative estimate of drug-likeness (QED) is 0.313. The highest BCUT2D eigenvalue weighted by Crippen LogP contribution is 2.16. The monoisotopic (exact) mass is 360 g/mol. The molecule has 0 aliphatic heterocycles. The smallest absolute Gasteiger partial charge is 0.266 e. The van der Waals surface area contributed by atoms with E-state index in [0.29, 0.717) is 0 Å². The van der Waals surface area contributed by atoms with Crippen LogP contribution in [0.3, 0.4) is 0 Å². The molecule has 0 aliphatic carbocycles. The Kier molecular flexibility index (Phi) is 6.65. The van der Waals surface area contributed by atoms with Crippen molar-refractivity contribution < 1.29 is 21.4 Å². The van der Waals surface area contributed by atoms with E-state index in [1.165, 1.54) is 0 Å². The SMILES string of the molecule is N#Cc1nc(NCCS(=O)(=O)O)c(C#N)nc1NCC[SH](=O)=O. The van der Waals surface area contributed by atoms with Crippen molar-refractivity contribution in [2.24, 2.45) is 0 Å². The Bertz CT molecular complexity index is 829. The summed E-state index contributed by atoms with van der Waals surface area (Å²) in [4.78, 5) is 7.68. The van der Waals surface area contributed by atoms with Crippen LogP contribution in [-0.4, -0.2) is 56.0 Å². The van der Waals surface area contributed by atoms with Gasteiger partial charge in [0.25, 0.3) is 10.1 Å². The van der Waals surface area contributed by atoms with Crippen LogP contribution < -0.4 is 10.6 Å². The topological polar surface area (TPSA) is 186 Å². The Morgan fingerprint density at radius 3 is 1.91 bits per heavy atom. The zero-order valence-corrected chi connectivity index (χ0v) is 13.3. The van der Waals surface area contributed by atoms with Crippen LogP contribution in [0.5, 0.6) is 0 Å². The summed E-state index contributed by atoms with van der Waals surface area (Å²) in [6.07, 6.45) is 0. The predicted molar refractivity (Wildman–Crippen MR) is 80.0 cm³/mol. The van der Waals surface area contributed by atoms with E-state index in [0.717, 1.165) is 0 Å². The molecule has 0 amide bonds. The van der Waals surface area contributed by atoms with Crippen LogP contribution in [0.15, 0.2) is 0 Å². The van der Waals surface area contributed by atoms with Crippen LogP contribution in [0.4, 0.5) is 11.6 Å². The number of nitriles is 2. The first-order valence-electron chi connectivity index (χ1n) is 6.03. The van der Waals surface area contributed by atoms with Gasteiger partial charge in [0.2, 0.25) is 0 Å². The maximum absolute atomic E-state index is 10.6. The highest BCUT2D eigenvalue weighted by atomic mass is 32.2. The van der Waals surface area contributed by atoms with Gasteiger partial charge < -0.3 is 10.6 Å². The number of hydrogen-bond donors (Lipinski definition) is 4. The number of hydrogen-bond acceptors (Lipinski definition) is 10. The fourth-order valence-electron chi connectivity index (χ4n) is 1.40. The number of rotatable bonds is 8. The van der Waals surface area contributed by atoms with E-state index >= 15 is 0 Å². The van der Waals surface area contributed by atoms with Crippen LogP contribution in [-0.2, 0) is 20.8 Å². The van der Waals surface area contributed by atoms with E-state index in [1.807, 2.05) is 0 Å². The largest absolute Gasteiger partial charge is 0.367 e. The Balaban J connectivity index is 2.97. The minimum Gasteiger partial charge on any atom is -0.367 e. The molecule has 1 aromatic rings. The first-order valence-corrected chi connectivity index (χ1v) is 9.01. The first-order chi connectivity index (χ1) is 10.8. The normalized spacial score (nSPS) is 10.8. The summed E-state index contributed by atoms with van der Waals surface area (Å²) in [6, 6.07) is 3.45. The molecule has 0 saturated carbocycles. The van der Waals surface area contributed by atoms with E-state index in [-0.39, 0.29) is 41.9 Å². The lowest BCUT2D eigenvalue weighted by Gasteiger charge is -2.10. The second kappa shape index (κ2) is 8.23. The lowest BCUT2D eigenvalue weighted by molar-refractivity contribution is 0.484. The van der Waals surface area contributed by atoms with Crippen molar-refractivity contribution in [3.05, 3.63) is 11.4 Å². The maximum atomic E-state index is 10.6. The van der Waals surface area contributed by atoms with Crippen LogP contribution in [0.2, 0.25) is 0 Å². The molecule has 3 N–H and O–H groups in total.